The highest BCUT2D eigenvalue weighted by molar-refractivity contribution is 6.06. The first-order chi connectivity index (χ1) is 12.6. The first-order valence-corrected chi connectivity index (χ1v) is 7.77. The van der Waals surface area contributed by atoms with Gasteiger partial charge in [-0.15, -0.1) is 0 Å². The van der Waals surface area contributed by atoms with Crippen molar-refractivity contribution in [3.8, 4) is 5.75 Å². The number of rotatable bonds is 6. The van der Waals surface area contributed by atoms with Crippen molar-refractivity contribution in [2.75, 3.05) is 12.4 Å². The summed E-state index contributed by atoms with van der Waals surface area (Å²) in [6.07, 6.45) is 3.15. The second-order valence-corrected chi connectivity index (χ2v) is 5.51. The fourth-order valence-corrected chi connectivity index (χ4v) is 2.50. The van der Waals surface area contributed by atoms with Crippen molar-refractivity contribution in [2.24, 2.45) is 0 Å². The quantitative estimate of drug-likeness (QED) is 0.543. The van der Waals surface area contributed by atoms with Crippen molar-refractivity contribution in [3.63, 3.8) is 0 Å². The molecule has 0 fully saturated rings. The van der Waals surface area contributed by atoms with Crippen molar-refractivity contribution < 1.29 is 14.5 Å². The summed E-state index contributed by atoms with van der Waals surface area (Å²) in [5, 5.41) is 17.9. The lowest BCUT2D eigenvalue weighted by Gasteiger charge is -2.05. The Hall–Kier alpha value is -3.68. The zero-order chi connectivity index (χ0) is 18.5. The molecule has 0 bridgehead atoms. The van der Waals surface area contributed by atoms with E-state index in [1.165, 1.54) is 24.4 Å². The first kappa shape index (κ1) is 17.2. The molecule has 2 aromatic carbocycles. The minimum absolute atomic E-state index is 0.00181. The van der Waals surface area contributed by atoms with E-state index in [-0.39, 0.29) is 11.3 Å². The van der Waals surface area contributed by atoms with Gasteiger partial charge in [-0.3, -0.25) is 19.6 Å². The normalized spacial score (nSPS) is 10.3. The highest BCUT2D eigenvalue weighted by atomic mass is 16.6. The number of carbonyl (C=O) groups excluding carboxylic acids is 1. The van der Waals surface area contributed by atoms with E-state index in [1.54, 1.807) is 24.1 Å². The number of methoxy groups -OCH3 is 1. The Morgan fingerprint density at radius 3 is 2.85 bits per heavy atom. The number of para-hydroxylation sites is 1. The smallest absolute Gasteiger partial charge is 0.282 e. The number of ether oxygens (including phenoxy) is 1. The summed E-state index contributed by atoms with van der Waals surface area (Å²) < 4.78 is 6.84. The molecule has 1 aromatic heterocycles. The van der Waals surface area contributed by atoms with Crippen LogP contribution in [0.3, 0.4) is 0 Å². The molecular formula is C18H16N4O4. The fourth-order valence-electron chi connectivity index (χ4n) is 2.50. The van der Waals surface area contributed by atoms with Gasteiger partial charge < -0.3 is 10.1 Å². The average molecular weight is 352 g/mol. The van der Waals surface area contributed by atoms with Crippen LogP contribution in [-0.2, 0) is 6.54 Å². The third-order valence-corrected chi connectivity index (χ3v) is 3.72. The summed E-state index contributed by atoms with van der Waals surface area (Å²) in [4.78, 5) is 22.8. The predicted molar refractivity (Wildman–Crippen MR) is 95.4 cm³/mol. The van der Waals surface area contributed by atoms with Crippen molar-refractivity contribution >= 4 is 17.3 Å². The maximum atomic E-state index is 12.3. The Morgan fingerprint density at radius 1 is 1.27 bits per heavy atom. The number of benzene rings is 2. The lowest BCUT2D eigenvalue weighted by molar-refractivity contribution is -0.385. The summed E-state index contributed by atoms with van der Waals surface area (Å²) in [5.41, 5.74) is 1.20. The van der Waals surface area contributed by atoms with Crippen molar-refractivity contribution in [2.45, 2.75) is 6.54 Å². The second kappa shape index (κ2) is 7.47. The minimum atomic E-state index is -0.582. The molecule has 0 aliphatic rings. The van der Waals surface area contributed by atoms with Gasteiger partial charge in [0.05, 0.1) is 30.5 Å². The number of nitro benzene ring substituents is 1. The van der Waals surface area contributed by atoms with Gasteiger partial charge in [0, 0.05) is 12.3 Å². The molecule has 0 aliphatic heterocycles. The molecule has 0 unspecified atom stereocenters. The Bertz CT molecular complexity index is 952. The van der Waals surface area contributed by atoms with Gasteiger partial charge in [-0.1, -0.05) is 24.3 Å². The van der Waals surface area contributed by atoms with Crippen LogP contribution in [-0.4, -0.2) is 27.7 Å². The minimum Gasteiger partial charge on any atom is -0.497 e. The van der Waals surface area contributed by atoms with Gasteiger partial charge in [0.1, 0.15) is 11.3 Å². The van der Waals surface area contributed by atoms with E-state index in [0.29, 0.717) is 12.2 Å². The Balaban J connectivity index is 1.72. The molecule has 3 rings (SSSR count). The molecule has 0 aliphatic carbocycles. The summed E-state index contributed by atoms with van der Waals surface area (Å²) in [7, 11) is 1.60. The molecule has 0 saturated heterocycles. The van der Waals surface area contributed by atoms with E-state index in [2.05, 4.69) is 10.4 Å². The van der Waals surface area contributed by atoms with Crippen LogP contribution < -0.4 is 10.1 Å². The number of amides is 1. The van der Waals surface area contributed by atoms with Gasteiger partial charge >= 0.3 is 0 Å². The number of carbonyl (C=O) groups is 1. The number of nitro groups is 1. The molecule has 1 heterocycles. The molecule has 8 nitrogen and oxygen atoms in total. The van der Waals surface area contributed by atoms with Crippen molar-refractivity contribution in [1.82, 2.24) is 9.78 Å². The van der Waals surface area contributed by atoms with Crippen LogP contribution >= 0.6 is 0 Å². The van der Waals surface area contributed by atoms with Gasteiger partial charge in [-0.05, 0) is 23.8 Å². The Kier molecular flexibility index (Phi) is 4.93. The molecule has 8 heteroatoms. The number of hydrogen-bond acceptors (Lipinski definition) is 5. The topological polar surface area (TPSA) is 99.3 Å². The van der Waals surface area contributed by atoms with Crippen molar-refractivity contribution in [1.29, 1.82) is 0 Å². The van der Waals surface area contributed by atoms with E-state index in [0.717, 1.165) is 11.3 Å². The molecule has 132 valence electrons. The molecule has 0 spiro atoms. The standard InChI is InChI=1S/C18H16N4O4/c1-26-15-6-4-5-13(9-15)11-21-12-14(10-19-21)20-18(23)16-7-2-3-8-17(16)22(24)25/h2-10,12H,11H2,1H3,(H,20,23). The number of hydrogen-bond donors (Lipinski definition) is 1. The van der Waals surface area contributed by atoms with Crippen LogP contribution in [0.4, 0.5) is 11.4 Å². The SMILES string of the molecule is COc1cccc(Cn2cc(NC(=O)c3ccccc3[N+](=O)[O-])cn2)c1. The highest BCUT2D eigenvalue weighted by Gasteiger charge is 2.19. The maximum absolute atomic E-state index is 12.3. The van der Waals surface area contributed by atoms with Crippen LogP contribution in [0.5, 0.6) is 5.75 Å². The zero-order valence-electron chi connectivity index (χ0n) is 14.0. The monoisotopic (exact) mass is 352 g/mol. The average Bonchev–Trinajstić information content (AvgIpc) is 3.08. The summed E-state index contributed by atoms with van der Waals surface area (Å²) >= 11 is 0. The van der Waals surface area contributed by atoms with Gasteiger partial charge in [0.25, 0.3) is 11.6 Å². The number of nitrogens with one attached hydrogen (secondary N) is 1. The molecule has 0 atom stereocenters. The van der Waals surface area contributed by atoms with Crippen LogP contribution in [0.1, 0.15) is 15.9 Å². The number of aromatic nitrogens is 2. The third-order valence-electron chi connectivity index (χ3n) is 3.72. The second-order valence-electron chi connectivity index (χ2n) is 5.51. The van der Waals surface area contributed by atoms with Crippen molar-refractivity contribution in [3.05, 3.63) is 82.2 Å². The van der Waals surface area contributed by atoms with E-state index < -0.39 is 10.8 Å². The summed E-state index contributed by atoms with van der Waals surface area (Å²) in [5.74, 6) is 0.192. The molecule has 1 amide bonds. The third kappa shape index (κ3) is 3.86. The number of anilines is 1. The van der Waals surface area contributed by atoms with Gasteiger partial charge in [-0.25, -0.2) is 0 Å². The Morgan fingerprint density at radius 2 is 2.08 bits per heavy atom. The van der Waals surface area contributed by atoms with E-state index in [9.17, 15) is 14.9 Å². The van der Waals surface area contributed by atoms with Crippen LogP contribution in [0.2, 0.25) is 0 Å². The van der Waals surface area contributed by atoms with E-state index in [4.69, 9.17) is 4.74 Å². The zero-order valence-corrected chi connectivity index (χ0v) is 14.0. The summed E-state index contributed by atoms with van der Waals surface area (Å²) in [6, 6.07) is 13.4. The molecule has 0 radical (unpaired) electrons. The van der Waals surface area contributed by atoms with Crippen LogP contribution in [0.15, 0.2) is 60.9 Å². The first-order valence-electron chi connectivity index (χ1n) is 7.77. The molecule has 0 saturated carbocycles. The molecule has 1 N–H and O–H groups in total. The maximum Gasteiger partial charge on any atom is 0.282 e. The predicted octanol–water partition coefficient (Wildman–Crippen LogP) is 3.10. The van der Waals surface area contributed by atoms with E-state index >= 15 is 0 Å². The molecule has 26 heavy (non-hydrogen) atoms. The Labute approximate surface area is 149 Å². The van der Waals surface area contributed by atoms with Crippen LogP contribution in [0, 0.1) is 10.1 Å². The lowest BCUT2D eigenvalue weighted by atomic mass is 10.1. The highest BCUT2D eigenvalue weighted by Crippen LogP contribution is 2.19. The summed E-state index contributed by atoms with van der Waals surface area (Å²) in [6.45, 7) is 0.499. The molecular weight excluding hydrogens is 336 g/mol. The van der Waals surface area contributed by atoms with Crippen LogP contribution in [0.25, 0.3) is 0 Å². The van der Waals surface area contributed by atoms with Gasteiger partial charge in [-0.2, -0.15) is 5.10 Å². The molecule has 3 aromatic rings. The largest absolute Gasteiger partial charge is 0.497 e. The number of nitrogens with zero attached hydrogens (tertiary/aromatic N) is 3. The van der Waals surface area contributed by atoms with E-state index in [1.807, 2.05) is 24.3 Å². The lowest BCUT2D eigenvalue weighted by Crippen LogP contribution is -2.13. The van der Waals surface area contributed by atoms with Gasteiger partial charge in [0.15, 0.2) is 0 Å². The van der Waals surface area contributed by atoms with Gasteiger partial charge in [0.2, 0.25) is 0 Å². The fraction of sp³-hybridized carbons (Fsp3) is 0.111.